The van der Waals surface area contributed by atoms with Crippen molar-refractivity contribution in [2.45, 2.75) is 19.6 Å². The average Bonchev–Trinajstić information content (AvgIpc) is 2.69. The number of alkyl halides is 2. The summed E-state index contributed by atoms with van der Waals surface area (Å²) < 4.78 is 35.9. The van der Waals surface area contributed by atoms with Gasteiger partial charge in [-0.15, -0.1) is 8.78 Å². The number of nitrogens with zero attached hydrogens (tertiary/aromatic N) is 1. The number of anilines is 1. The number of benzene rings is 2. The molecular weight excluding hydrogens is 288 g/mol. The molecule has 2 aromatic rings. The molecule has 2 aromatic carbocycles. The highest BCUT2D eigenvalue weighted by molar-refractivity contribution is 5.77. The highest BCUT2D eigenvalue weighted by atomic mass is 19.3. The van der Waals surface area contributed by atoms with E-state index >= 15 is 0 Å². The van der Waals surface area contributed by atoms with Gasteiger partial charge in [0.1, 0.15) is 0 Å². The number of rotatable bonds is 2. The Bertz CT molecular complexity index is 741. The first-order valence-corrected chi connectivity index (χ1v) is 7.28. The molecule has 0 aromatic heterocycles. The molecule has 0 amide bonds. The molecule has 5 heteroatoms. The topological polar surface area (TPSA) is 21.7 Å². The molecule has 0 bridgehead atoms. The molecule has 4 rings (SSSR count). The van der Waals surface area contributed by atoms with Gasteiger partial charge < -0.3 is 14.4 Å². The van der Waals surface area contributed by atoms with Crippen molar-refractivity contribution in [2.24, 2.45) is 0 Å². The number of hydrogen-bond donors (Lipinski definition) is 0. The molecule has 0 saturated carbocycles. The minimum Gasteiger partial charge on any atom is -0.395 e. The predicted octanol–water partition coefficient (Wildman–Crippen LogP) is 4.19. The maximum atomic E-state index is 13.3. The Morgan fingerprint density at radius 3 is 2.64 bits per heavy atom. The number of halogens is 2. The molecule has 0 atom stereocenters. The lowest BCUT2D eigenvalue weighted by Gasteiger charge is -2.33. The summed E-state index contributed by atoms with van der Waals surface area (Å²) in [7, 11) is 0. The SMILES string of the molecule is Cc1cc(-c2cccc3c2OC(F)(F)O3)cc(N2CCC2)c1. The van der Waals surface area contributed by atoms with Crippen LogP contribution < -0.4 is 14.4 Å². The van der Waals surface area contributed by atoms with Crippen LogP contribution in [-0.2, 0) is 0 Å². The highest BCUT2D eigenvalue weighted by Gasteiger charge is 2.44. The van der Waals surface area contributed by atoms with Gasteiger partial charge in [0.05, 0.1) is 0 Å². The van der Waals surface area contributed by atoms with Crippen molar-refractivity contribution in [1.29, 1.82) is 0 Å². The molecule has 0 aliphatic carbocycles. The third-order valence-electron chi connectivity index (χ3n) is 4.02. The zero-order valence-electron chi connectivity index (χ0n) is 12.1. The van der Waals surface area contributed by atoms with Gasteiger partial charge in [-0.05, 0) is 42.7 Å². The lowest BCUT2D eigenvalue weighted by Crippen LogP contribution is -2.36. The average molecular weight is 303 g/mol. The first kappa shape index (κ1) is 13.4. The lowest BCUT2D eigenvalue weighted by molar-refractivity contribution is -0.286. The summed E-state index contributed by atoms with van der Waals surface area (Å²) in [6.07, 6.45) is -2.41. The second-order valence-electron chi connectivity index (χ2n) is 5.70. The largest absolute Gasteiger partial charge is 0.586 e. The van der Waals surface area contributed by atoms with Crippen molar-refractivity contribution in [3.8, 4) is 22.6 Å². The molecule has 0 radical (unpaired) electrons. The molecule has 0 N–H and O–H groups in total. The Morgan fingerprint density at radius 2 is 1.91 bits per heavy atom. The van der Waals surface area contributed by atoms with Crippen molar-refractivity contribution in [3.63, 3.8) is 0 Å². The van der Waals surface area contributed by atoms with E-state index in [0.717, 1.165) is 29.9 Å². The van der Waals surface area contributed by atoms with Gasteiger partial charge in [-0.1, -0.05) is 18.2 Å². The van der Waals surface area contributed by atoms with Crippen LogP contribution in [0.3, 0.4) is 0 Å². The van der Waals surface area contributed by atoms with Crippen molar-refractivity contribution in [1.82, 2.24) is 0 Å². The van der Waals surface area contributed by atoms with Crippen molar-refractivity contribution in [3.05, 3.63) is 42.0 Å². The van der Waals surface area contributed by atoms with Gasteiger partial charge in [-0.2, -0.15) is 0 Å². The van der Waals surface area contributed by atoms with Crippen LogP contribution in [0.5, 0.6) is 11.5 Å². The third kappa shape index (κ3) is 2.17. The molecule has 0 unspecified atom stereocenters. The molecule has 1 saturated heterocycles. The smallest absolute Gasteiger partial charge is 0.395 e. The Kier molecular flexibility index (Phi) is 2.79. The third-order valence-corrected chi connectivity index (χ3v) is 4.02. The van der Waals surface area contributed by atoms with E-state index in [1.807, 2.05) is 19.1 Å². The molecule has 2 heterocycles. The van der Waals surface area contributed by atoms with Crippen molar-refractivity contribution in [2.75, 3.05) is 18.0 Å². The van der Waals surface area contributed by atoms with Gasteiger partial charge in [-0.3, -0.25) is 0 Å². The molecule has 1 fully saturated rings. The zero-order chi connectivity index (χ0) is 15.3. The number of aryl methyl sites for hydroxylation is 1. The van der Waals surface area contributed by atoms with Crippen LogP contribution in [0.15, 0.2) is 36.4 Å². The van der Waals surface area contributed by atoms with Crippen LogP contribution in [0.2, 0.25) is 0 Å². The number of ether oxygens (including phenoxy) is 2. The molecule has 0 spiro atoms. The molecule has 114 valence electrons. The number of hydrogen-bond acceptors (Lipinski definition) is 3. The summed E-state index contributed by atoms with van der Waals surface area (Å²) in [5.74, 6) is 0.183. The van der Waals surface area contributed by atoms with Gasteiger partial charge in [-0.25, -0.2) is 0 Å². The van der Waals surface area contributed by atoms with E-state index in [9.17, 15) is 8.78 Å². The first-order chi connectivity index (χ1) is 10.5. The summed E-state index contributed by atoms with van der Waals surface area (Å²) in [5.41, 5.74) is 3.69. The van der Waals surface area contributed by atoms with Crippen LogP contribution in [0.25, 0.3) is 11.1 Å². The quantitative estimate of drug-likeness (QED) is 0.830. The normalized spacial score (nSPS) is 18.2. The van der Waals surface area contributed by atoms with Gasteiger partial charge in [0, 0.05) is 24.3 Å². The predicted molar refractivity (Wildman–Crippen MR) is 79.6 cm³/mol. The fourth-order valence-electron chi connectivity index (χ4n) is 2.87. The summed E-state index contributed by atoms with van der Waals surface area (Å²) in [6.45, 7) is 4.07. The van der Waals surface area contributed by atoms with Crippen molar-refractivity contribution >= 4 is 5.69 Å². The van der Waals surface area contributed by atoms with E-state index in [2.05, 4.69) is 15.7 Å². The Balaban J connectivity index is 1.80. The van der Waals surface area contributed by atoms with Crippen LogP contribution >= 0.6 is 0 Å². The summed E-state index contributed by atoms with van der Waals surface area (Å²) in [4.78, 5) is 2.27. The summed E-state index contributed by atoms with van der Waals surface area (Å²) in [5, 5.41) is 0. The Labute approximate surface area is 127 Å². The second-order valence-corrected chi connectivity index (χ2v) is 5.70. The van der Waals surface area contributed by atoms with E-state index < -0.39 is 6.29 Å². The van der Waals surface area contributed by atoms with Crippen LogP contribution in [0.1, 0.15) is 12.0 Å². The maximum absolute atomic E-state index is 13.3. The molecule has 22 heavy (non-hydrogen) atoms. The molecule has 2 aliphatic heterocycles. The van der Waals surface area contributed by atoms with Gasteiger partial charge in [0.25, 0.3) is 0 Å². The minimum absolute atomic E-state index is 0.0782. The van der Waals surface area contributed by atoms with Crippen LogP contribution in [-0.4, -0.2) is 19.4 Å². The Morgan fingerprint density at radius 1 is 1.09 bits per heavy atom. The van der Waals surface area contributed by atoms with E-state index in [1.54, 1.807) is 12.1 Å². The molecule has 3 nitrogen and oxygen atoms in total. The van der Waals surface area contributed by atoms with Gasteiger partial charge >= 0.3 is 6.29 Å². The fraction of sp³-hybridized carbons (Fsp3) is 0.294. The van der Waals surface area contributed by atoms with E-state index in [1.165, 1.54) is 12.5 Å². The number of fused-ring (bicyclic) bond motifs is 1. The van der Waals surface area contributed by atoms with Crippen LogP contribution in [0, 0.1) is 6.92 Å². The second kappa shape index (κ2) is 4.60. The monoisotopic (exact) mass is 303 g/mol. The fourth-order valence-corrected chi connectivity index (χ4v) is 2.87. The Hall–Kier alpha value is -2.30. The standard InChI is InChI=1S/C17H15F2NO2/c1-11-8-12(10-13(9-11)20-6-3-7-20)14-4-2-5-15-16(14)22-17(18,19)21-15/h2,4-5,8-10H,3,6-7H2,1H3. The maximum Gasteiger partial charge on any atom is 0.586 e. The van der Waals surface area contributed by atoms with Crippen LogP contribution in [0.4, 0.5) is 14.5 Å². The lowest BCUT2D eigenvalue weighted by atomic mass is 10.00. The minimum atomic E-state index is -3.59. The molecule has 2 aliphatic rings. The summed E-state index contributed by atoms with van der Waals surface area (Å²) >= 11 is 0. The molecular formula is C17H15F2NO2. The van der Waals surface area contributed by atoms with Crippen molar-refractivity contribution < 1.29 is 18.3 Å². The summed E-state index contributed by atoms with van der Waals surface area (Å²) in [6, 6.07) is 11.1. The van der Waals surface area contributed by atoms with E-state index in [4.69, 9.17) is 4.74 Å². The zero-order valence-corrected chi connectivity index (χ0v) is 12.1. The highest BCUT2D eigenvalue weighted by Crippen LogP contribution is 2.47. The van der Waals surface area contributed by atoms with Gasteiger partial charge in [0.15, 0.2) is 11.5 Å². The number of para-hydroxylation sites is 1. The first-order valence-electron chi connectivity index (χ1n) is 7.28. The van der Waals surface area contributed by atoms with Gasteiger partial charge in [0.2, 0.25) is 0 Å². The van der Waals surface area contributed by atoms with E-state index in [0.29, 0.717) is 5.56 Å². The van der Waals surface area contributed by atoms with E-state index in [-0.39, 0.29) is 11.5 Å².